The van der Waals surface area contributed by atoms with Gasteiger partial charge in [0.25, 0.3) is 5.91 Å². The second kappa shape index (κ2) is 9.86. The van der Waals surface area contributed by atoms with Crippen LogP contribution in [0.4, 0.5) is 0 Å². The standard InChI is InChI=1S/C19H19N7O3/c20-25-22-9-8-15(11-23-28)24-19(27)16-12-21-18-17(7-4-10-26(16)18)29-13-14-5-2-1-3-6-14/h1-7,10,12,15H,8-9,11,13H2,(H,24,27)/t15-/m1/s1. The van der Waals surface area contributed by atoms with Crippen LogP contribution in [0, 0.1) is 4.91 Å². The van der Waals surface area contributed by atoms with E-state index >= 15 is 0 Å². The Bertz CT molecular complexity index is 1030. The van der Waals surface area contributed by atoms with Crippen molar-refractivity contribution in [2.45, 2.75) is 19.1 Å². The van der Waals surface area contributed by atoms with Gasteiger partial charge in [-0.2, -0.15) is 4.91 Å². The van der Waals surface area contributed by atoms with Gasteiger partial charge >= 0.3 is 0 Å². The number of amides is 1. The maximum Gasteiger partial charge on any atom is 0.270 e. The Morgan fingerprint density at radius 3 is 2.86 bits per heavy atom. The lowest BCUT2D eigenvalue weighted by Crippen LogP contribution is -2.38. The van der Waals surface area contributed by atoms with Crippen LogP contribution in [0.25, 0.3) is 16.1 Å². The second-order valence-electron chi connectivity index (χ2n) is 6.21. The molecule has 0 unspecified atom stereocenters. The summed E-state index contributed by atoms with van der Waals surface area (Å²) in [5.41, 5.74) is 10.2. The largest absolute Gasteiger partial charge is 0.485 e. The Morgan fingerprint density at radius 1 is 1.28 bits per heavy atom. The highest BCUT2D eigenvalue weighted by atomic mass is 16.5. The fourth-order valence-corrected chi connectivity index (χ4v) is 2.82. The van der Waals surface area contributed by atoms with Crippen LogP contribution in [0.2, 0.25) is 0 Å². The smallest absolute Gasteiger partial charge is 0.270 e. The van der Waals surface area contributed by atoms with Crippen molar-refractivity contribution in [3.63, 3.8) is 0 Å². The van der Waals surface area contributed by atoms with E-state index in [0.29, 0.717) is 30.1 Å². The molecule has 0 aliphatic carbocycles. The summed E-state index contributed by atoms with van der Waals surface area (Å²) in [6.07, 6.45) is 3.46. The summed E-state index contributed by atoms with van der Waals surface area (Å²) in [4.78, 5) is 30.3. The molecule has 0 spiro atoms. The molecule has 0 saturated carbocycles. The third-order valence-corrected chi connectivity index (χ3v) is 4.24. The summed E-state index contributed by atoms with van der Waals surface area (Å²) in [6, 6.07) is 12.7. The van der Waals surface area contributed by atoms with E-state index in [0.717, 1.165) is 5.56 Å². The van der Waals surface area contributed by atoms with Crippen LogP contribution in [0.5, 0.6) is 5.75 Å². The zero-order valence-corrected chi connectivity index (χ0v) is 15.5. The van der Waals surface area contributed by atoms with Crippen molar-refractivity contribution in [3.05, 3.63) is 81.5 Å². The molecule has 0 fully saturated rings. The molecule has 29 heavy (non-hydrogen) atoms. The Kier molecular flexibility index (Phi) is 6.75. The van der Waals surface area contributed by atoms with Crippen LogP contribution >= 0.6 is 0 Å². The van der Waals surface area contributed by atoms with Crippen molar-refractivity contribution in [1.82, 2.24) is 14.7 Å². The fourth-order valence-electron chi connectivity index (χ4n) is 2.82. The lowest BCUT2D eigenvalue weighted by Gasteiger charge is -2.14. The molecule has 3 rings (SSSR count). The molecule has 0 saturated heterocycles. The minimum absolute atomic E-state index is 0.116. The number of benzene rings is 1. The van der Waals surface area contributed by atoms with E-state index in [2.05, 4.69) is 25.5 Å². The van der Waals surface area contributed by atoms with E-state index in [1.165, 1.54) is 6.20 Å². The molecule has 2 aromatic heterocycles. The lowest BCUT2D eigenvalue weighted by atomic mass is 10.2. The predicted octanol–water partition coefficient (Wildman–Crippen LogP) is 3.48. The van der Waals surface area contributed by atoms with Crippen LogP contribution in [0.3, 0.4) is 0 Å². The van der Waals surface area contributed by atoms with Gasteiger partial charge in [0.05, 0.1) is 12.2 Å². The number of hydrogen-bond acceptors (Lipinski definition) is 6. The van der Waals surface area contributed by atoms with Gasteiger partial charge < -0.3 is 10.1 Å². The van der Waals surface area contributed by atoms with E-state index in [1.807, 2.05) is 30.3 Å². The molecule has 3 aromatic rings. The molecule has 1 amide bonds. The highest BCUT2D eigenvalue weighted by Gasteiger charge is 2.18. The van der Waals surface area contributed by atoms with Crippen molar-refractivity contribution < 1.29 is 9.53 Å². The van der Waals surface area contributed by atoms with Crippen LogP contribution in [0.1, 0.15) is 22.5 Å². The number of ether oxygens (including phenoxy) is 1. The Balaban J connectivity index is 1.75. The molecular weight excluding hydrogens is 374 g/mol. The second-order valence-corrected chi connectivity index (χ2v) is 6.21. The maximum atomic E-state index is 12.7. The molecular formula is C19H19N7O3. The molecule has 0 aliphatic rings. The monoisotopic (exact) mass is 393 g/mol. The zero-order chi connectivity index (χ0) is 20.5. The first-order valence-electron chi connectivity index (χ1n) is 8.96. The quantitative estimate of drug-likeness (QED) is 0.244. The van der Waals surface area contributed by atoms with Gasteiger partial charge in [-0.3, -0.25) is 9.20 Å². The van der Waals surface area contributed by atoms with Crippen LogP contribution in [-0.2, 0) is 6.61 Å². The normalized spacial score (nSPS) is 11.4. The topological polar surface area (TPSA) is 134 Å². The summed E-state index contributed by atoms with van der Waals surface area (Å²) in [5, 5.41) is 8.99. The SMILES string of the molecule is [N-]=[N+]=NCC[C@H](CN=O)NC(=O)c1cnc2c(OCc3ccccc3)cccn12. The van der Waals surface area contributed by atoms with E-state index < -0.39 is 11.9 Å². The number of rotatable bonds is 10. The Labute approximate surface area is 166 Å². The number of imidazole rings is 1. The molecule has 1 atom stereocenters. The average Bonchev–Trinajstić information content (AvgIpc) is 3.18. The number of azide groups is 1. The number of nitroso groups, excluding NO2 is 1. The number of pyridine rings is 1. The Morgan fingerprint density at radius 2 is 2.10 bits per heavy atom. The summed E-state index contributed by atoms with van der Waals surface area (Å²) < 4.78 is 7.49. The number of aromatic nitrogens is 2. The van der Waals surface area contributed by atoms with E-state index in [1.54, 1.807) is 22.7 Å². The molecule has 2 heterocycles. The first-order chi connectivity index (χ1) is 14.2. The molecule has 1 aromatic carbocycles. The molecule has 10 heteroatoms. The van der Waals surface area contributed by atoms with Gasteiger partial charge in [-0.15, -0.1) is 0 Å². The van der Waals surface area contributed by atoms with Gasteiger partial charge in [-0.1, -0.05) is 40.6 Å². The maximum absolute atomic E-state index is 12.7. The number of carbonyl (C=O) groups is 1. The highest BCUT2D eigenvalue weighted by Crippen LogP contribution is 2.21. The van der Waals surface area contributed by atoms with Gasteiger partial charge in [0, 0.05) is 17.7 Å². The van der Waals surface area contributed by atoms with Crippen molar-refractivity contribution in [2.24, 2.45) is 10.3 Å². The summed E-state index contributed by atoms with van der Waals surface area (Å²) in [7, 11) is 0. The zero-order valence-electron chi connectivity index (χ0n) is 15.5. The van der Waals surface area contributed by atoms with Gasteiger partial charge in [0.15, 0.2) is 11.4 Å². The van der Waals surface area contributed by atoms with Crippen molar-refractivity contribution in [3.8, 4) is 5.75 Å². The lowest BCUT2D eigenvalue weighted by molar-refractivity contribution is 0.0931. The number of carbonyl (C=O) groups excluding carboxylic acids is 1. The molecule has 1 N–H and O–H groups in total. The first-order valence-corrected chi connectivity index (χ1v) is 8.96. The first kappa shape index (κ1) is 19.8. The molecule has 10 nitrogen and oxygen atoms in total. The van der Waals surface area contributed by atoms with Crippen LogP contribution in [-0.4, -0.2) is 34.4 Å². The molecule has 0 aliphatic heterocycles. The van der Waals surface area contributed by atoms with Crippen molar-refractivity contribution in [2.75, 3.05) is 13.1 Å². The number of hydrogen-bond donors (Lipinski definition) is 1. The molecule has 148 valence electrons. The van der Waals surface area contributed by atoms with E-state index in [-0.39, 0.29) is 13.1 Å². The highest BCUT2D eigenvalue weighted by molar-refractivity contribution is 5.93. The average molecular weight is 393 g/mol. The number of nitrogens with one attached hydrogen (secondary N) is 1. The summed E-state index contributed by atoms with van der Waals surface area (Å²) in [5.74, 6) is 0.136. The summed E-state index contributed by atoms with van der Waals surface area (Å²) in [6.45, 7) is 0.415. The van der Waals surface area contributed by atoms with Gasteiger partial charge in [0.2, 0.25) is 0 Å². The van der Waals surface area contributed by atoms with Crippen LogP contribution < -0.4 is 10.1 Å². The third kappa shape index (κ3) is 5.08. The van der Waals surface area contributed by atoms with Crippen molar-refractivity contribution >= 4 is 11.6 Å². The van der Waals surface area contributed by atoms with Crippen molar-refractivity contribution in [1.29, 1.82) is 0 Å². The van der Waals surface area contributed by atoms with Gasteiger partial charge in [-0.05, 0) is 29.6 Å². The predicted molar refractivity (Wildman–Crippen MR) is 107 cm³/mol. The molecule has 0 bridgehead atoms. The van der Waals surface area contributed by atoms with Crippen LogP contribution in [0.15, 0.2) is 65.1 Å². The minimum atomic E-state index is -0.534. The van der Waals surface area contributed by atoms with E-state index in [4.69, 9.17) is 10.3 Å². The van der Waals surface area contributed by atoms with E-state index in [9.17, 15) is 9.70 Å². The minimum Gasteiger partial charge on any atom is -0.485 e. The fraction of sp³-hybridized carbons (Fsp3) is 0.263. The van der Waals surface area contributed by atoms with Gasteiger partial charge in [0.1, 0.15) is 18.8 Å². The summed E-state index contributed by atoms with van der Waals surface area (Å²) >= 11 is 0. The number of nitrogens with zero attached hydrogens (tertiary/aromatic N) is 6. The van der Waals surface area contributed by atoms with Gasteiger partial charge in [-0.25, -0.2) is 4.98 Å². The number of fused-ring (bicyclic) bond motifs is 1. The Hall–Kier alpha value is -3.91. The molecule has 0 radical (unpaired) electrons. The third-order valence-electron chi connectivity index (χ3n) is 4.24.